The molecule has 0 saturated carbocycles. The van der Waals surface area contributed by atoms with Crippen molar-refractivity contribution in [2.45, 2.75) is 13.0 Å². The van der Waals surface area contributed by atoms with Crippen molar-refractivity contribution in [3.8, 4) is 5.69 Å². The molecule has 0 fully saturated rings. The van der Waals surface area contributed by atoms with Gasteiger partial charge in [-0.05, 0) is 30.5 Å². The second-order valence-corrected chi connectivity index (χ2v) is 3.85. The van der Waals surface area contributed by atoms with Crippen molar-refractivity contribution in [2.75, 3.05) is 7.05 Å². The minimum Gasteiger partial charge on any atom is -0.311 e. The van der Waals surface area contributed by atoms with Crippen molar-refractivity contribution in [3.05, 3.63) is 40.0 Å². The minimum atomic E-state index is -0.758. The summed E-state index contributed by atoms with van der Waals surface area (Å²) in [4.78, 5) is 9.89. The predicted octanol–water partition coefficient (Wildman–Crippen LogP) is 0.990. The highest BCUT2D eigenvalue weighted by Crippen LogP contribution is 2.21. The highest BCUT2D eigenvalue weighted by molar-refractivity contribution is 5.42. The van der Waals surface area contributed by atoms with Gasteiger partial charge >= 0.3 is 0 Å². The summed E-state index contributed by atoms with van der Waals surface area (Å²) in [6.45, 7) is 1.81. The number of benzene rings is 1. The van der Waals surface area contributed by atoms with E-state index in [1.807, 2.05) is 6.92 Å². The van der Waals surface area contributed by atoms with E-state index in [1.165, 1.54) is 16.8 Å². The molecule has 1 aromatic carbocycles. The molecule has 1 N–H and O–H groups in total. The maximum Gasteiger partial charge on any atom is 0.272 e. The van der Waals surface area contributed by atoms with Gasteiger partial charge in [0.2, 0.25) is 0 Å². The smallest absolute Gasteiger partial charge is 0.272 e. The number of non-ortho nitro benzene ring substituents is 1. The average Bonchev–Trinajstić information content (AvgIpc) is 2.86. The Balaban J connectivity index is 2.48. The topological polar surface area (TPSA) is 98.8 Å². The molecule has 1 atom stereocenters. The lowest BCUT2D eigenvalue weighted by Crippen LogP contribution is -2.18. The fraction of sp³-hybridized carbons (Fsp3) is 0.300. The zero-order valence-electron chi connectivity index (χ0n) is 10.2. The first-order valence-corrected chi connectivity index (χ1v) is 5.44. The van der Waals surface area contributed by atoms with Crippen LogP contribution in [0, 0.1) is 15.9 Å². The molecule has 1 unspecified atom stereocenters. The van der Waals surface area contributed by atoms with Crippen LogP contribution < -0.4 is 5.32 Å². The zero-order valence-corrected chi connectivity index (χ0v) is 10.2. The Morgan fingerprint density at radius 2 is 2.26 bits per heavy atom. The monoisotopic (exact) mass is 266 g/mol. The molecule has 0 spiro atoms. The molecule has 19 heavy (non-hydrogen) atoms. The molecule has 2 aromatic rings. The van der Waals surface area contributed by atoms with E-state index in [9.17, 15) is 14.5 Å². The molecule has 100 valence electrons. The van der Waals surface area contributed by atoms with E-state index in [-0.39, 0.29) is 17.4 Å². The Labute approximate surface area is 107 Å². The van der Waals surface area contributed by atoms with E-state index >= 15 is 0 Å². The van der Waals surface area contributed by atoms with Gasteiger partial charge in [0.1, 0.15) is 5.69 Å². The number of halogens is 1. The van der Waals surface area contributed by atoms with Crippen molar-refractivity contribution in [3.63, 3.8) is 0 Å². The summed E-state index contributed by atoms with van der Waals surface area (Å²) in [5.41, 5.74) is -0.259. The summed E-state index contributed by atoms with van der Waals surface area (Å²) in [5, 5.41) is 24.5. The van der Waals surface area contributed by atoms with Crippen LogP contribution in [-0.2, 0) is 0 Å². The molecule has 0 aliphatic carbocycles. The summed E-state index contributed by atoms with van der Waals surface area (Å²) in [7, 11) is 1.72. The van der Waals surface area contributed by atoms with Crippen LogP contribution in [0.25, 0.3) is 5.69 Å². The molecule has 0 amide bonds. The van der Waals surface area contributed by atoms with Crippen LogP contribution in [0.3, 0.4) is 0 Å². The van der Waals surface area contributed by atoms with Gasteiger partial charge in [-0.15, -0.1) is 5.10 Å². The molecule has 1 aromatic heterocycles. The largest absolute Gasteiger partial charge is 0.311 e. The first-order chi connectivity index (χ1) is 9.04. The molecule has 9 heteroatoms. The Morgan fingerprint density at radius 1 is 1.53 bits per heavy atom. The van der Waals surface area contributed by atoms with Gasteiger partial charge in [0, 0.05) is 6.07 Å². The number of nitro benzene ring substituents is 1. The molecule has 0 aliphatic rings. The standard InChI is InChI=1S/C10H11FN6O2/c1-6(12-2)10-13-14-15-16(10)9-4-3-7(17(18)19)5-8(9)11/h3-6,12H,1-2H3. The molecular formula is C10H11FN6O2. The normalized spacial score (nSPS) is 12.4. The molecule has 2 rings (SSSR count). The van der Waals surface area contributed by atoms with Gasteiger partial charge in [-0.2, -0.15) is 4.68 Å². The number of nitro groups is 1. The quantitative estimate of drug-likeness (QED) is 0.654. The molecule has 0 saturated heterocycles. The molecular weight excluding hydrogens is 255 g/mol. The Morgan fingerprint density at radius 3 is 2.84 bits per heavy atom. The van der Waals surface area contributed by atoms with E-state index in [2.05, 4.69) is 20.8 Å². The van der Waals surface area contributed by atoms with Crippen LogP contribution in [0.5, 0.6) is 0 Å². The number of hydrogen-bond donors (Lipinski definition) is 1. The number of rotatable bonds is 4. The average molecular weight is 266 g/mol. The van der Waals surface area contributed by atoms with Crippen LogP contribution in [0.15, 0.2) is 18.2 Å². The van der Waals surface area contributed by atoms with Crippen LogP contribution >= 0.6 is 0 Å². The van der Waals surface area contributed by atoms with Gasteiger partial charge in [0.05, 0.1) is 17.0 Å². The highest BCUT2D eigenvalue weighted by Gasteiger charge is 2.18. The van der Waals surface area contributed by atoms with E-state index in [1.54, 1.807) is 7.05 Å². The number of hydrogen-bond acceptors (Lipinski definition) is 6. The predicted molar refractivity (Wildman–Crippen MR) is 63.2 cm³/mol. The van der Waals surface area contributed by atoms with Gasteiger partial charge in [-0.25, -0.2) is 4.39 Å². The van der Waals surface area contributed by atoms with Gasteiger partial charge < -0.3 is 5.32 Å². The van der Waals surface area contributed by atoms with Crippen molar-refractivity contribution in [1.29, 1.82) is 0 Å². The van der Waals surface area contributed by atoms with E-state index in [4.69, 9.17) is 0 Å². The number of nitrogens with one attached hydrogen (secondary N) is 1. The Hall–Kier alpha value is -2.42. The number of nitrogens with zero attached hydrogens (tertiary/aromatic N) is 5. The SMILES string of the molecule is CNC(C)c1nnnn1-c1ccc([N+](=O)[O-])cc1F. The Kier molecular flexibility index (Phi) is 3.47. The lowest BCUT2D eigenvalue weighted by molar-refractivity contribution is -0.385. The van der Waals surface area contributed by atoms with Crippen LogP contribution in [0.4, 0.5) is 10.1 Å². The fourth-order valence-corrected chi connectivity index (χ4v) is 1.55. The lowest BCUT2D eigenvalue weighted by Gasteiger charge is -2.10. The number of tetrazole rings is 1. The third-order valence-corrected chi connectivity index (χ3v) is 2.68. The van der Waals surface area contributed by atoms with Gasteiger partial charge in [-0.3, -0.25) is 10.1 Å². The highest BCUT2D eigenvalue weighted by atomic mass is 19.1. The maximum absolute atomic E-state index is 13.9. The molecule has 0 aliphatic heterocycles. The summed E-state index contributed by atoms with van der Waals surface area (Å²) >= 11 is 0. The van der Waals surface area contributed by atoms with Crippen LogP contribution in [0.2, 0.25) is 0 Å². The minimum absolute atomic E-state index is 0.0627. The first-order valence-electron chi connectivity index (χ1n) is 5.44. The summed E-state index contributed by atoms with van der Waals surface area (Å²) in [6, 6.07) is 3.12. The molecule has 0 bridgehead atoms. The van der Waals surface area contributed by atoms with E-state index in [0.717, 1.165) is 6.07 Å². The molecule has 8 nitrogen and oxygen atoms in total. The molecule has 1 heterocycles. The van der Waals surface area contributed by atoms with Crippen LogP contribution in [0.1, 0.15) is 18.8 Å². The van der Waals surface area contributed by atoms with Crippen molar-refractivity contribution < 1.29 is 9.31 Å². The number of aromatic nitrogens is 4. The second kappa shape index (κ2) is 5.06. The van der Waals surface area contributed by atoms with Gasteiger partial charge in [0.25, 0.3) is 5.69 Å². The summed E-state index contributed by atoms with van der Waals surface area (Å²) < 4.78 is 15.1. The third kappa shape index (κ3) is 2.40. The molecule has 0 radical (unpaired) electrons. The Bertz CT molecular complexity index is 614. The van der Waals surface area contributed by atoms with Gasteiger partial charge in [-0.1, -0.05) is 0 Å². The lowest BCUT2D eigenvalue weighted by atomic mass is 10.2. The van der Waals surface area contributed by atoms with E-state index in [0.29, 0.717) is 5.82 Å². The third-order valence-electron chi connectivity index (χ3n) is 2.68. The summed E-state index contributed by atoms with van der Waals surface area (Å²) in [6.07, 6.45) is 0. The van der Waals surface area contributed by atoms with Crippen molar-refractivity contribution >= 4 is 5.69 Å². The summed E-state index contributed by atoms with van der Waals surface area (Å²) in [5.74, 6) is -0.346. The van der Waals surface area contributed by atoms with Crippen molar-refractivity contribution in [1.82, 2.24) is 25.5 Å². The second-order valence-electron chi connectivity index (χ2n) is 3.85. The van der Waals surface area contributed by atoms with E-state index < -0.39 is 10.7 Å². The van der Waals surface area contributed by atoms with Gasteiger partial charge in [0.15, 0.2) is 11.6 Å². The first kappa shape index (κ1) is 13.0. The van der Waals surface area contributed by atoms with Crippen LogP contribution in [-0.4, -0.2) is 32.2 Å². The maximum atomic E-state index is 13.9. The fourth-order valence-electron chi connectivity index (χ4n) is 1.55. The zero-order chi connectivity index (χ0) is 14.0. The van der Waals surface area contributed by atoms with Crippen molar-refractivity contribution in [2.24, 2.45) is 0 Å².